The van der Waals surface area contributed by atoms with Gasteiger partial charge in [0, 0.05) is 14.1 Å². The van der Waals surface area contributed by atoms with Gasteiger partial charge in [-0.1, -0.05) is 30.3 Å². The molecule has 0 saturated heterocycles. The minimum Gasteiger partial charge on any atom is -0.348 e. The molecule has 1 N–H and O–H groups in total. The summed E-state index contributed by atoms with van der Waals surface area (Å²) in [5, 5.41) is 2.33. The number of hydrogen-bond acceptors (Lipinski definition) is 6. The van der Waals surface area contributed by atoms with Gasteiger partial charge in [-0.3, -0.25) is 4.79 Å². The van der Waals surface area contributed by atoms with E-state index in [2.05, 4.69) is 14.9 Å². The zero-order chi connectivity index (χ0) is 17.0. The third kappa shape index (κ3) is 4.28. The van der Waals surface area contributed by atoms with Crippen LogP contribution in [0.2, 0.25) is 0 Å². The van der Waals surface area contributed by atoms with E-state index >= 15 is 0 Å². The van der Waals surface area contributed by atoms with Gasteiger partial charge in [0.2, 0.25) is 21.8 Å². The quantitative estimate of drug-likeness (QED) is 0.838. The molecule has 2 rings (SSSR count). The van der Waals surface area contributed by atoms with Crippen LogP contribution in [0, 0.1) is 0 Å². The largest absolute Gasteiger partial charge is 0.348 e. The van der Waals surface area contributed by atoms with Crippen molar-refractivity contribution in [2.24, 2.45) is 0 Å². The van der Waals surface area contributed by atoms with Crippen molar-refractivity contribution < 1.29 is 17.7 Å². The highest BCUT2D eigenvalue weighted by molar-refractivity contribution is 7.94. The summed E-state index contributed by atoms with van der Waals surface area (Å²) >= 11 is 0. The summed E-state index contributed by atoms with van der Waals surface area (Å²) in [5.41, 5.74) is 0.960. The molecule has 1 aromatic heterocycles. The molecule has 1 aromatic carbocycles. The molecule has 0 unspecified atom stereocenters. The van der Waals surface area contributed by atoms with Crippen molar-refractivity contribution in [1.82, 2.24) is 15.0 Å². The first-order valence-electron chi connectivity index (χ1n) is 6.89. The van der Waals surface area contributed by atoms with Crippen LogP contribution < -0.4 is 4.72 Å². The first-order chi connectivity index (χ1) is 10.8. The lowest BCUT2D eigenvalue weighted by molar-refractivity contribution is -0.127. The number of carbonyl (C=O) groups is 1. The molecule has 0 radical (unpaired) electrons. The Morgan fingerprint density at radius 3 is 2.57 bits per heavy atom. The molecule has 1 atom stereocenters. The summed E-state index contributed by atoms with van der Waals surface area (Å²) < 4.78 is 31.5. The Balaban J connectivity index is 2.08. The molecule has 8 nitrogen and oxygen atoms in total. The van der Waals surface area contributed by atoms with Gasteiger partial charge in [-0.25, -0.2) is 13.1 Å². The number of hydrogen-bond donors (Lipinski definition) is 1. The Bertz CT molecular complexity index is 771. The van der Waals surface area contributed by atoms with Gasteiger partial charge < -0.3 is 9.42 Å². The molecule has 0 spiro atoms. The lowest BCUT2D eigenvalue weighted by Crippen LogP contribution is -2.40. The molecule has 0 aliphatic heterocycles. The monoisotopic (exact) mass is 338 g/mol. The predicted octanol–water partition coefficient (Wildman–Crippen LogP) is 0.879. The fraction of sp³-hybridized carbons (Fsp3) is 0.357. The average Bonchev–Trinajstić information content (AvgIpc) is 2.92. The lowest BCUT2D eigenvalue weighted by atomic mass is 10.2. The second-order valence-corrected chi connectivity index (χ2v) is 7.20. The molecule has 0 aliphatic rings. The standard InChI is InChI=1S/C14H18N4O4S/c1-10(13(19)18(2)3)23(20,21)17-14-15-12(22-16-14)9-11-7-5-4-6-8-11/h4-8,10H,9H2,1-3H3,(H,16,17)/t10-/m1/s1. The first kappa shape index (κ1) is 16.9. The highest BCUT2D eigenvalue weighted by atomic mass is 32.2. The van der Waals surface area contributed by atoms with Crippen LogP contribution in [0.4, 0.5) is 5.95 Å². The van der Waals surface area contributed by atoms with Gasteiger partial charge in [-0.05, 0) is 17.6 Å². The number of nitrogens with zero attached hydrogens (tertiary/aromatic N) is 3. The van der Waals surface area contributed by atoms with Crippen LogP contribution in [-0.4, -0.2) is 48.7 Å². The van der Waals surface area contributed by atoms with Crippen LogP contribution in [0.25, 0.3) is 0 Å². The van der Waals surface area contributed by atoms with E-state index in [1.165, 1.54) is 25.9 Å². The zero-order valence-corrected chi connectivity index (χ0v) is 13.9. The van der Waals surface area contributed by atoms with Gasteiger partial charge in [-0.2, -0.15) is 4.98 Å². The number of sulfonamides is 1. The normalized spacial score (nSPS) is 12.7. The molecular weight excluding hydrogens is 320 g/mol. The Hall–Kier alpha value is -2.42. The van der Waals surface area contributed by atoms with E-state index in [-0.39, 0.29) is 11.8 Å². The maximum atomic E-state index is 12.1. The first-order valence-corrected chi connectivity index (χ1v) is 8.43. The van der Waals surface area contributed by atoms with Crippen LogP contribution in [0.3, 0.4) is 0 Å². The molecule has 0 bridgehead atoms. The van der Waals surface area contributed by atoms with Crippen LogP contribution >= 0.6 is 0 Å². The minimum atomic E-state index is -3.94. The summed E-state index contributed by atoms with van der Waals surface area (Å²) in [7, 11) is -0.970. The Kier molecular flexibility index (Phi) is 4.99. The fourth-order valence-corrected chi connectivity index (χ4v) is 2.84. The zero-order valence-electron chi connectivity index (χ0n) is 13.1. The number of rotatable bonds is 6. The number of amides is 1. The van der Waals surface area contributed by atoms with Crippen molar-refractivity contribution in [2.75, 3.05) is 18.8 Å². The highest BCUT2D eigenvalue weighted by Crippen LogP contribution is 2.12. The van der Waals surface area contributed by atoms with E-state index < -0.39 is 21.2 Å². The molecule has 23 heavy (non-hydrogen) atoms. The molecule has 124 valence electrons. The maximum Gasteiger partial charge on any atom is 0.277 e. The van der Waals surface area contributed by atoms with Crippen molar-refractivity contribution in [3.63, 3.8) is 0 Å². The van der Waals surface area contributed by atoms with E-state index in [9.17, 15) is 13.2 Å². The van der Waals surface area contributed by atoms with Crippen LogP contribution in [0.1, 0.15) is 18.4 Å². The molecule has 0 aliphatic carbocycles. The predicted molar refractivity (Wildman–Crippen MR) is 84.2 cm³/mol. The number of carbonyl (C=O) groups excluding carboxylic acids is 1. The Morgan fingerprint density at radius 2 is 1.96 bits per heavy atom. The van der Waals surface area contributed by atoms with Gasteiger partial charge in [0.05, 0.1) is 6.42 Å². The van der Waals surface area contributed by atoms with E-state index in [0.717, 1.165) is 5.56 Å². The van der Waals surface area contributed by atoms with Gasteiger partial charge in [0.1, 0.15) is 0 Å². The van der Waals surface area contributed by atoms with Crippen LogP contribution in [0.15, 0.2) is 34.9 Å². The molecule has 9 heteroatoms. The maximum absolute atomic E-state index is 12.1. The smallest absolute Gasteiger partial charge is 0.277 e. The fourth-order valence-electron chi connectivity index (χ4n) is 1.85. The Morgan fingerprint density at radius 1 is 1.30 bits per heavy atom. The van der Waals surface area contributed by atoms with Gasteiger partial charge in [0.25, 0.3) is 5.95 Å². The molecule has 2 aromatic rings. The average molecular weight is 338 g/mol. The van der Waals surface area contributed by atoms with Crippen molar-refractivity contribution in [1.29, 1.82) is 0 Å². The highest BCUT2D eigenvalue weighted by Gasteiger charge is 2.30. The summed E-state index contributed by atoms with van der Waals surface area (Å²) in [5.74, 6) is -0.444. The number of benzene rings is 1. The van der Waals surface area contributed by atoms with Gasteiger partial charge in [-0.15, -0.1) is 0 Å². The number of anilines is 1. The van der Waals surface area contributed by atoms with E-state index in [1.807, 2.05) is 30.3 Å². The molecular formula is C14H18N4O4S. The molecule has 1 amide bonds. The molecule has 1 heterocycles. The third-order valence-electron chi connectivity index (χ3n) is 3.15. The van der Waals surface area contributed by atoms with E-state index in [0.29, 0.717) is 6.42 Å². The van der Waals surface area contributed by atoms with Crippen LogP contribution in [0.5, 0.6) is 0 Å². The lowest BCUT2D eigenvalue weighted by Gasteiger charge is -2.16. The minimum absolute atomic E-state index is 0.186. The number of aromatic nitrogens is 2. The van der Waals surface area contributed by atoms with E-state index in [4.69, 9.17) is 4.52 Å². The molecule has 0 saturated carbocycles. The van der Waals surface area contributed by atoms with Crippen molar-refractivity contribution in [2.45, 2.75) is 18.6 Å². The van der Waals surface area contributed by atoms with Gasteiger partial charge in [0.15, 0.2) is 5.25 Å². The van der Waals surface area contributed by atoms with Gasteiger partial charge >= 0.3 is 0 Å². The second-order valence-electron chi connectivity index (χ2n) is 5.20. The summed E-state index contributed by atoms with van der Waals surface area (Å²) in [6.07, 6.45) is 0.391. The summed E-state index contributed by atoms with van der Waals surface area (Å²) in [6, 6.07) is 9.44. The third-order valence-corrected chi connectivity index (χ3v) is 4.75. The van der Waals surface area contributed by atoms with Crippen molar-refractivity contribution >= 4 is 21.9 Å². The van der Waals surface area contributed by atoms with Crippen molar-refractivity contribution in [3.05, 3.63) is 41.8 Å². The van der Waals surface area contributed by atoms with Crippen molar-refractivity contribution in [3.8, 4) is 0 Å². The SMILES string of the molecule is C[C@H](C(=O)N(C)C)S(=O)(=O)Nc1noc(Cc2ccccc2)n1. The second kappa shape index (κ2) is 6.78. The Labute approximate surface area is 134 Å². The molecule has 0 fully saturated rings. The topological polar surface area (TPSA) is 105 Å². The summed E-state index contributed by atoms with van der Waals surface area (Å²) in [6.45, 7) is 1.30. The van der Waals surface area contributed by atoms with Crippen LogP contribution in [-0.2, 0) is 21.2 Å². The number of nitrogens with one attached hydrogen (secondary N) is 1. The summed E-state index contributed by atoms with van der Waals surface area (Å²) in [4.78, 5) is 17.0. The van der Waals surface area contributed by atoms with E-state index in [1.54, 1.807) is 0 Å².